The number of nitrogens with two attached hydrogens (primary N) is 1. The van der Waals surface area contributed by atoms with Gasteiger partial charge in [-0.25, -0.2) is 8.42 Å². The Kier molecular flexibility index (Phi) is 3.92. The number of hydrogen-bond donors (Lipinski definition) is 1. The summed E-state index contributed by atoms with van der Waals surface area (Å²) in [6.45, 7) is 3.10. The standard InChI is InChI=1S/C13H20N2O2S/c1-11-8-12(14)10-13(9-11)18(16,17)15-6-4-2-3-5-7-15/h8-10H,2-7,14H2,1H3. The number of anilines is 1. The van der Waals surface area contributed by atoms with Crippen LogP contribution in [0.3, 0.4) is 0 Å². The molecule has 1 saturated heterocycles. The highest BCUT2D eigenvalue weighted by molar-refractivity contribution is 7.89. The van der Waals surface area contributed by atoms with Crippen molar-refractivity contribution >= 4 is 15.7 Å². The Labute approximate surface area is 109 Å². The lowest BCUT2D eigenvalue weighted by Crippen LogP contribution is -2.32. The highest BCUT2D eigenvalue weighted by atomic mass is 32.2. The van der Waals surface area contributed by atoms with Crippen molar-refractivity contribution in [2.24, 2.45) is 0 Å². The molecule has 0 amide bonds. The third-order valence-electron chi connectivity index (χ3n) is 3.28. The molecule has 0 saturated carbocycles. The topological polar surface area (TPSA) is 63.4 Å². The van der Waals surface area contributed by atoms with Gasteiger partial charge in [0, 0.05) is 18.8 Å². The predicted octanol–water partition coefficient (Wildman–Crippen LogP) is 2.14. The second-order valence-corrected chi connectivity index (χ2v) is 6.84. The minimum Gasteiger partial charge on any atom is -0.399 e. The molecule has 2 rings (SSSR count). The van der Waals surface area contributed by atoms with E-state index < -0.39 is 10.0 Å². The number of sulfonamides is 1. The van der Waals surface area contributed by atoms with Gasteiger partial charge in [0.1, 0.15) is 0 Å². The van der Waals surface area contributed by atoms with Crippen LogP contribution in [0.2, 0.25) is 0 Å². The van der Waals surface area contributed by atoms with Gasteiger partial charge in [-0.3, -0.25) is 0 Å². The average molecular weight is 268 g/mol. The maximum Gasteiger partial charge on any atom is 0.243 e. The first-order valence-corrected chi connectivity index (χ1v) is 7.81. The lowest BCUT2D eigenvalue weighted by atomic mass is 10.2. The quantitative estimate of drug-likeness (QED) is 0.836. The fraction of sp³-hybridized carbons (Fsp3) is 0.538. The molecule has 0 aromatic heterocycles. The van der Waals surface area contributed by atoms with Gasteiger partial charge in [0.25, 0.3) is 0 Å². The van der Waals surface area contributed by atoms with Gasteiger partial charge in [-0.2, -0.15) is 4.31 Å². The lowest BCUT2D eigenvalue weighted by Gasteiger charge is -2.20. The maximum atomic E-state index is 12.5. The number of rotatable bonds is 2. The molecule has 1 aliphatic heterocycles. The molecule has 4 nitrogen and oxygen atoms in total. The van der Waals surface area contributed by atoms with E-state index in [1.54, 1.807) is 22.5 Å². The van der Waals surface area contributed by atoms with Crippen LogP contribution in [0.5, 0.6) is 0 Å². The van der Waals surface area contributed by atoms with Crippen LogP contribution in [0.15, 0.2) is 23.1 Å². The van der Waals surface area contributed by atoms with Crippen molar-refractivity contribution in [1.29, 1.82) is 0 Å². The molecule has 1 aromatic rings. The molecule has 18 heavy (non-hydrogen) atoms. The summed E-state index contributed by atoms with van der Waals surface area (Å²) in [5, 5.41) is 0. The third-order valence-corrected chi connectivity index (χ3v) is 5.15. The van der Waals surface area contributed by atoms with Crippen LogP contribution < -0.4 is 5.73 Å². The zero-order valence-corrected chi connectivity index (χ0v) is 11.5. The van der Waals surface area contributed by atoms with Crippen LogP contribution in [0.1, 0.15) is 31.2 Å². The van der Waals surface area contributed by atoms with Crippen LogP contribution in [-0.2, 0) is 10.0 Å². The number of hydrogen-bond acceptors (Lipinski definition) is 3. The molecule has 1 fully saturated rings. The molecular formula is C13H20N2O2S. The summed E-state index contributed by atoms with van der Waals surface area (Å²) in [6.07, 6.45) is 4.12. The number of nitrogens with zero attached hydrogens (tertiary/aromatic N) is 1. The van der Waals surface area contributed by atoms with Gasteiger partial charge in [-0.05, 0) is 43.5 Å². The lowest BCUT2D eigenvalue weighted by molar-refractivity contribution is 0.423. The van der Waals surface area contributed by atoms with Crippen molar-refractivity contribution in [3.05, 3.63) is 23.8 Å². The third kappa shape index (κ3) is 2.84. The zero-order chi connectivity index (χ0) is 13.2. The minimum absolute atomic E-state index is 0.321. The van der Waals surface area contributed by atoms with E-state index in [9.17, 15) is 8.42 Å². The molecule has 1 aromatic carbocycles. The first-order valence-electron chi connectivity index (χ1n) is 6.37. The van der Waals surface area contributed by atoms with Gasteiger partial charge in [0.2, 0.25) is 10.0 Å². The van der Waals surface area contributed by atoms with Gasteiger partial charge in [0.05, 0.1) is 4.90 Å². The van der Waals surface area contributed by atoms with Crippen LogP contribution in [-0.4, -0.2) is 25.8 Å². The van der Waals surface area contributed by atoms with Crippen molar-refractivity contribution in [1.82, 2.24) is 4.31 Å². The first-order chi connectivity index (χ1) is 8.50. The van der Waals surface area contributed by atoms with Gasteiger partial charge in [0.15, 0.2) is 0 Å². The highest BCUT2D eigenvalue weighted by Crippen LogP contribution is 2.23. The second-order valence-electron chi connectivity index (χ2n) is 4.90. The van der Waals surface area contributed by atoms with E-state index in [-0.39, 0.29) is 0 Å². The molecule has 0 aliphatic carbocycles. The van der Waals surface area contributed by atoms with Crippen LogP contribution in [0.25, 0.3) is 0 Å². The molecule has 0 atom stereocenters. The first kappa shape index (κ1) is 13.4. The summed E-state index contributed by atoms with van der Waals surface area (Å²) < 4.78 is 26.6. The molecule has 1 heterocycles. The largest absolute Gasteiger partial charge is 0.399 e. The van der Waals surface area contributed by atoms with E-state index in [2.05, 4.69) is 0 Å². The molecule has 1 aliphatic rings. The fourth-order valence-corrected chi connectivity index (χ4v) is 4.01. The SMILES string of the molecule is Cc1cc(N)cc(S(=O)(=O)N2CCCCCC2)c1. The fourth-order valence-electron chi connectivity index (χ4n) is 2.36. The van der Waals surface area contributed by atoms with E-state index in [0.29, 0.717) is 23.7 Å². The van der Waals surface area contributed by atoms with E-state index in [4.69, 9.17) is 5.73 Å². The number of nitrogen functional groups attached to an aromatic ring is 1. The van der Waals surface area contributed by atoms with Gasteiger partial charge < -0.3 is 5.73 Å². The van der Waals surface area contributed by atoms with Crippen molar-refractivity contribution in [3.8, 4) is 0 Å². The van der Waals surface area contributed by atoms with Crippen molar-refractivity contribution in [2.45, 2.75) is 37.5 Å². The summed E-state index contributed by atoms with van der Waals surface area (Å²) in [4.78, 5) is 0.321. The Morgan fingerprint density at radius 3 is 2.22 bits per heavy atom. The predicted molar refractivity (Wildman–Crippen MR) is 72.8 cm³/mol. The Bertz CT molecular complexity index is 498. The van der Waals surface area contributed by atoms with E-state index >= 15 is 0 Å². The summed E-state index contributed by atoms with van der Waals surface area (Å²) >= 11 is 0. The molecule has 2 N–H and O–H groups in total. The van der Waals surface area contributed by atoms with E-state index in [1.807, 2.05) is 6.92 Å². The van der Waals surface area contributed by atoms with E-state index in [0.717, 1.165) is 31.2 Å². The van der Waals surface area contributed by atoms with Crippen molar-refractivity contribution in [3.63, 3.8) is 0 Å². The van der Waals surface area contributed by atoms with Gasteiger partial charge in [-0.15, -0.1) is 0 Å². The number of benzene rings is 1. The minimum atomic E-state index is -3.38. The summed E-state index contributed by atoms with van der Waals surface area (Å²) in [7, 11) is -3.38. The molecule has 0 unspecified atom stereocenters. The summed E-state index contributed by atoms with van der Waals surface area (Å²) in [5.74, 6) is 0. The molecule has 0 radical (unpaired) electrons. The molecule has 0 bridgehead atoms. The highest BCUT2D eigenvalue weighted by Gasteiger charge is 2.25. The second kappa shape index (κ2) is 5.28. The average Bonchev–Trinajstić information content (AvgIpc) is 2.56. The summed E-state index contributed by atoms with van der Waals surface area (Å²) in [5.41, 5.74) is 7.11. The van der Waals surface area contributed by atoms with Crippen LogP contribution >= 0.6 is 0 Å². The maximum absolute atomic E-state index is 12.5. The molecule has 5 heteroatoms. The van der Waals surface area contributed by atoms with Crippen LogP contribution in [0.4, 0.5) is 5.69 Å². The monoisotopic (exact) mass is 268 g/mol. The number of aryl methyl sites for hydroxylation is 1. The Morgan fingerprint density at radius 2 is 1.67 bits per heavy atom. The Balaban J connectivity index is 2.34. The van der Waals surface area contributed by atoms with Crippen LogP contribution in [0, 0.1) is 6.92 Å². The van der Waals surface area contributed by atoms with Gasteiger partial charge >= 0.3 is 0 Å². The molecule has 0 spiro atoms. The van der Waals surface area contributed by atoms with Gasteiger partial charge in [-0.1, -0.05) is 12.8 Å². The smallest absolute Gasteiger partial charge is 0.243 e. The zero-order valence-electron chi connectivity index (χ0n) is 10.7. The Hall–Kier alpha value is -1.07. The van der Waals surface area contributed by atoms with Crippen molar-refractivity contribution in [2.75, 3.05) is 18.8 Å². The van der Waals surface area contributed by atoms with E-state index in [1.165, 1.54) is 0 Å². The molecular weight excluding hydrogens is 248 g/mol. The molecule has 100 valence electrons. The normalized spacial score (nSPS) is 18.5. The Morgan fingerprint density at radius 1 is 1.06 bits per heavy atom. The summed E-state index contributed by atoms with van der Waals surface area (Å²) in [6, 6.07) is 5.02. The van der Waals surface area contributed by atoms with Crippen molar-refractivity contribution < 1.29 is 8.42 Å².